The lowest BCUT2D eigenvalue weighted by molar-refractivity contribution is -0.137. The van der Waals surface area contributed by atoms with Crippen LogP contribution in [0.5, 0.6) is 0 Å². The molecule has 0 amide bonds. The Kier molecular flexibility index (Phi) is 5.74. The summed E-state index contributed by atoms with van der Waals surface area (Å²) in [5, 5.41) is 8.82. The minimum absolute atomic E-state index is 0.202. The number of carboxylic acid groups (broad SMARTS) is 1. The fourth-order valence-corrected chi connectivity index (χ4v) is 3.33. The van der Waals surface area contributed by atoms with Crippen molar-refractivity contribution in [1.29, 1.82) is 0 Å². The second-order valence-electron chi connectivity index (χ2n) is 5.91. The van der Waals surface area contributed by atoms with Crippen LogP contribution in [0.4, 0.5) is 4.39 Å². The normalized spacial score (nSPS) is 21.1. The molecule has 0 saturated carbocycles. The third-order valence-corrected chi connectivity index (χ3v) is 4.40. The number of nitrogens with zero attached hydrogens (tertiary/aromatic N) is 1. The Balaban J connectivity index is 2.00. The Morgan fingerprint density at radius 1 is 1.43 bits per heavy atom. The molecule has 1 aliphatic rings. The van der Waals surface area contributed by atoms with Crippen molar-refractivity contribution in [2.24, 2.45) is 5.92 Å². The molecule has 0 bridgehead atoms. The number of benzene rings is 1. The van der Waals surface area contributed by atoms with Gasteiger partial charge in [0.25, 0.3) is 0 Å². The smallest absolute Gasteiger partial charge is 0.303 e. The molecule has 0 aromatic heterocycles. The summed E-state index contributed by atoms with van der Waals surface area (Å²) in [6.45, 7) is 4.14. The van der Waals surface area contributed by atoms with Crippen LogP contribution in [0.15, 0.2) is 24.3 Å². The number of rotatable bonds is 6. The van der Waals surface area contributed by atoms with E-state index in [1.807, 2.05) is 12.1 Å². The predicted molar refractivity (Wildman–Crippen MR) is 80.6 cm³/mol. The molecule has 2 unspecified atom stereocenters. The molecule has 1 aromatic carbocycles. The van der Waals surface area contributed by atoms with Gasteiger partial charge in [-0.1, -0.05) is 19.1 Å². The average molecular weight is 293 g/mol. The highest BCUT2D eigenvalue weighted by atomic mass is 19.1. The fraction of sp³-hybridized carbons (Fsp3) is 0.588. The summed E-state index contributed by atoms with van der Waals surface area (Å²) in [5.74, 6) is -0.450. The van der Waals surface area contributed by atoms with Gasteiger partial charge in [0.15, 0.2) is 0 Å². The van der Waals surface area contributed by atoms with Gasteiger partial charge in [0.2, 0.25) is 0 Å². The summed E-state index contributed by atoms with van der Waals surface area (Å²) in [6.07, 6.45) is 4.22. The summed E-state index contributed by atoms with van der Waals surface area (Å²) >= 11 is 0. The summed E-state index contributed by atoms with van der Waals surface area (Å²) in [5.41, 5.74) is 1.15. The molecule has 2 rings (SSSR count). The van der Waals surface area contributed by atoms with E-state index in [1.165, 1.54) is 12.1 Å². The Hall–Kier alpha value is -1.42. The van der Waals surface area contributed by atoms with Gasteiger partial charge in [0, 0.05) is 19.0 Å². The van der Waals surface area contributed by atoms with Gasteiger partial charge in [-0.2, -0.15) is 0 Å². The second kappa shape index (κ2) is 7.55. The molecule has 1 N–H and O–H groups in total. The van der Waals surface area contributed by atoms with E-state index in [-0.39, 0.29) is 12.2 Å². The molecule has 21 heavy (non-hydrogen) atoms. The number of hydrogen-bond acceptors (Lipinski definition) is 2. The van der Waals surface area contributed by atoms with E-state index in [1.54, 1.807) is 0 Å². The van der Waals surface area contributed by atoms with Crippen LogP contribution in [0.25, 0.3) is 0 Å². The number of hydrogen-bond donors (Lipinski definition) is 1. The van der Waals surface area contributed by atoms with E-state index in [9.17, 15) is 9.18 Å². The first kappa shape index (κ1) is 16.0. The van der Waals surface area contributed by atoms with Crippen molar-refractivity contribution in [3.63, 3.8) is 0 Å². The van der Waals surface area contributed by atoms with Gasteiger partial charge >= 0.3 is 5.97 Å². The molecule has 1 aliphatic heterocycles. The number of piperidine rings is 1. The zero-order valence-corrected chi connectivity index (χ0v) is 12.6. The van der Waals surface area contributed by atoms with Crippen LogP contribution >= 0.6 is 0 Å². The largest absolute Gasteiger partial charge is 0.481 e. The molecule has 1 saturated heterocycles. The molecule has 1 aromatic rings. The standard InChI is InChI=1S/C17H24FNO2/c1-2-16(14-6-8-15(18)9-7-14)19-11-3-4-13(12-19)5-10-17(20)21/h6-9,13,16H,2-5,10-12H2,1H3,(H,20,21). The molecule has 0 aliphatic carbocycles. The first-order chi connectivity index (χ1) is 10.1. The summed E-state index contributed by atoms with van der Waals surface area (Å²) in [4.78, 5) is 13.2. The molecule has 0 radical (unpaired) electrons. The van der Waals surface area contributed by atoms with Gasteiger partial charge in [-0.15, -0.1) is 0 Å². The van der Waals surface area contributed by atoms with Gasteiger partial charge in [-0.05, 0) is 55.8 Å². The summed E-state index contributed by atoms with van der Waals surface area (Å²) in [6, 6.07) is 7.07. The molecule has 1 fully saturated rings. The lowest BCUT2D eigenvalue weighted by atomic mass is 9.90. The van der Waals surface area contributed by atoms with Crippen LogP contribution in [0, 0.1) is 11.7 Å². The summed E-state index contributed by atoms with van der Waals surface area (Å²) < 4.78 is 13.1. The number of likely N-dealkylation sites (tertiary alicyclic amines) is 1. The van der Waals surface area contributed by atoms with Crippen LogP contribution in [0.2, 0.25) is 0 Å². The summed E-state index contributed by atoms with van der Waals surface area (Å²) in [7, 11) is 0. The van der Waals surface area contributed by atoms with Crippen LogP contribution in [-0.4, -0.2) is 29.1 Å². The lowest BCUT2D eigenvalue weighted by Gasteiger charge is -2.38. The number of carbonyl (C=O) groups is 1. The lowest BCUT2D eigenvalue weighted by Crippen LogP contribution is -2.38. The van der Waals surface area contributed by atoms with Crippen molar-refractivity contribution in [2.75, 3.05) is 13.1 Å². The van der Waals surface area contributed by atoms with Crippen LogP contribution in [0.1, 0.15) is 50.6 Å². The predicted octanol–water partition coefficient (Wildman–Crippen LogP) is 3.85. The van der Waals surface area contributed by atoms with E-state index < -0.39 is 5.97 Å². The maximum absolute atomic E-state index is 13.1. The Labute approximate surface area is 125 Å². The molecule has 0 spiro atoms. The Bertz CT molecular complexity index is 460. The zero-order chi connectivity index (χ0) is 15.2. The monoisotopic (exact) mass is 293 g/mol. The van der Waals surface area contributed by atoms with E-state index in [0.717, 1.165) is 44.3 Å². The third kappa shape index (κ3) is 4.53. The maximum Gasteiger partial charge on any atom is 0.303 e. The molecular formula is C17H24FNO2. The fourth-order valence-electron chi connectivity index (χ4n) is 3.33. The minimum atomic E-state index is -0.710. The SMILES string of the molecule is CCC(c1ccc(F)cc1)N1CCCC(CCC(=O)O)C1. The topological polar surface area (TPSA) is 40.5 Å². The van der Waals surface area contributed by atoms with Crippen molar-refractivity contribution in [1.82, 2.24) is 4.90 Å². The van der Waals surface area contributed by atoms with Crippen LogP contribution < -0.4 is 0 Å². The van der Waals surface area contributed by atoms with Gasteiger partial charge in [-0.25, -0.2) is 4.39 Å². The molecule has 3 nitrogen and oxygen atoms in total. The van der Waals surface area contributed by atoms with E-state index in [2.05, 4.69) is 11.8 Å². The van der Waals surface area contributed by atoms with E-state index in [4.69, 9.17) is 5.11 Å². The second-order valence-corrected chi connectivity index (χ2v) is 5.91. The van der Waals surface area contributed by atoms with E-state index >= 15 is 0 Å². The van der Waals surface area contributed by atoms with Gasteiger partial charge in [0.05, 0.1) is 0 Å². The van der Waals surface area contributed by atoms with Crippen molar-refractivity contribution in [2.45, 2.75) is 45.1 Å². The highest BCUT2D eigenvalue weighted by molar-refractivity contribution is 5.66. The van der Waals surface area contributed by atoms with Crippen molar-refractivity contribution < 1.29 is 14.3 Å². The molecule has 1 heterocycles. The van der Waals surface area contributed by atoms with E-state index in [0.29, 0.717) is 12.0 Å². The van der Waals surface area contributed by atoms with Crippen LogP contribution in [-0.2, 0) is 4.79 Å². The Morgan fingerprint density at radius 2 is 2.14 bits per heavy atom. The molecule has 116 valence electrons. The molecule has 4 heteroatoms. The van der Waals surface area contributed by atoms with Gasteiger partial charge in [0.1, 0.15) is 5.82 Å². The highest BCUT2D eigenvalue weighted by Gasteiger charge is 2.26. The first-order valence-electron chi connectivity index (χ1n) is 7.81. The maximum atomic E-state index is 13.1. The van der Waals surface area contributed by atoms with Crippen molar-refractivity contribution >= 4 is 5.97 Å². The van der Waals surface area contributed by atoms with Gasteiger partial charge < -0.3 is 5.11 Å². The Morgan fingerprint density at radius 3 is 2.76 bits per heavy atom. The first-order valence-corrected chi connectivity index (χ1v) is 7.81. The molecule has 2 atom stereocenters. The van der Waals surface area contributed by atoms with Crippen molar-refractivity contribution in [3.05, 3.63) is 35.6 Å². The van der Waals surface area contributed by atoms with Crippen molar-refractivity contribution in [3.8, 4) is 0 Å². The zero-order valence-electron chi connectivity index (χ0n) is 12.6. The number of carboxylic acids is 1. The number of halogens is 1. The molecular weight excluding hydrogens is 269 g/mol. The number of aliphatic carboxylic acids is 1. The van der Waals surface area contributed by atoms with Crippen LogP contribution in [0.3, 0.4) is 0 Å². The third-order valence-electron chi connectivity index (χ3n) is 4.40. The highest BCUT2D eigenvalue weighted by Crippen LogP contribution is 2.30. The quantitative estimate of drug-likeness (QED) is 0.866. The van der Waals surface area contributed by atoms with Gasteiger partial charge in [-0.3, -0.25) is 9.69 Å². The average Bonchev–Trinajstić information content (AvgIpc) is 2.48. The minimum Gasteiger partial charge on any atom is -0.481 e.